The van der Waals surface area contributed by atoms with Gasteiger partial charge in [0.1, 0.15) is 5.65 Å². The van der Waals surface area contributed by atoms with Crippen LogP contribution >= 0.6 is 27.5 Å². The Bertz CT molecular complexity index is 1030. The molecule has 0 atom stereocenters. The third-order valence-corrected chi connectivity index (χ3v) is 5.01. The van der Waals surface area contributed by atoms with E-state index in [4.69, 9.17) is 16.6 Å². The Hall–Kier alpha value is -2.10. The Kier molecular flexibility index (Phi) is 4.36. The van der Waals surface area contributed by atoms with Crippen molar-refractivity contribution in [2.24, 2.45) is 0 Å². The first-order chi connectivity index (χ1) is 12.1. The monoisotopic (exact) mass is 410 g/mol. The molecular formula is C21H16BrClN2. The standard InChI is InChI=1S/C21H16BrClN2/c1-14-2-4-15(5-3-14)12-19-21(16-6-9-18(23)10-7-16)24-20-11-8-17(22)13-25(19)20/h2-11,13H,12H2,1H3. The van der Waals surface area contributed by atoms with Crippen molar-refractivity contribution < 1.29 is 0 Å². The van der Waals surface area contributed by atoms with Gasteiger partial charge in [-0.3, -0.25) is 0 Å². The molecule has 0 N–H and O–H groups in total. The topological polar surface area (TPSA) is 17.3 Å². The molecule has 2 heterocycles. The van der Waals surface area contributed by atoms with Crippen molar-refractivity contribution in [3.05, 3.63) is 93.2 Å². The number of aryl methyl sites for hydroxylation is 1. The average Bonchev–Trinajstić information content (AvgIpc) is 2.95. The number of hydrogen-bond donors (Lipinski definition) is 0. The lowest BCUT2D eigenvalue weighted by atomic mass is 10.0. The van der Waals surface area contributed by atoms with E-state index in [1.165, 1.54) is 16.8 Å². The summed E-state index contributed by atoms with van der Waals surface area (Å²) in [6.07, 6.45) is 2.89. The number of fused-ring (bicyclic) bond motifs is 1. The number of nitrogens with zero attached hydrogens (tertiary/aromatic N) is 2. The summed E-state index contributed by atoms with van der Waals surface area (Å²) in [6.45, 7) is 2.11. The van der Waals surface area contributed by atoms with Gasteiger partial charge in [-0.25, -0.2) is 4.98 Å². The maximum Gasteiger partial charge on any atom is 0.137 e. The smallest absolute Gasteiger partial charge is 0.137 e. The summed E-state index contributed by atoms with van der Waals surface area (Å²) in [5.41, 5.74) is 6.71. The summed E-state index contributed by atoms with van der Waals surface area (Å²) < 4.78 is 3.19. The van der Waals surface area contributed by atoms with Crippen LogP contribution in [-0.2, 0) is 6.42 Å². The molecule has 0 unspecified atom stereocenters. The van der Waals surface area contributed by atoms with Crippen LogP contribution in [-0.4, -0.2) is 9.38 Å². The molecule has 0 aliphatic rings. The van der Waals surface area contributed by atoms with E-state index in [1.807, 2.05) is 36.4 Å². The molecule has 0 aliphatic carbocycles. The fourth-order valence-corrected chi connectivity index (χ4v) is 3.44. The van der Waals surface area contributed by atoms with Crippen molar-refractivity contribution in [3.8, 4) is 11.3 Å². The van der Waals surface area contributed by atoms with Crippen molar-refractivity contribution in [1.29, 1.82) is 0 Å². The summed E-state index contributed by atoms with van der Waals surface area (Å²) >= 11 is 9.62. The molecule has 124 valence electrons. The summed E-state index contributed by atoms with van der Waals surface area (Å²) in [6, 6.07) is 20.6. The predicted molar refractivity (Wildman–Crippen MR) is 107 cm³/mol. The molecule has 4 aromatic rings. The zero-order valence-electron chi connectivity index (χ0n) is 13.7. The Morgan fingerprint density at radius 2 is 1.68 bits per heavy atom. The van der Waals surface area contributed by atoms with Crippen LogP contribution in [0.25, 0.3) is 16.9 Å². The van der Waals surface area contributed by atoms with Crippen molar-refractivity contribution in [1.82, 2.24) is 9.38 Å². The Morgan fingerprint density at radius 3 is 2.40 bits per heavy atom. The maximum absolute atomic E-state index is 6.05. The van der Waals surface area contributed by atoms with Gasteiger partial charge in [-0.05, 0) is 52.7 Å². The van der Waals surface area contributed by atoms with E-state index in [1.54, 1.807) is 0 Å². The van der Waals surface area contributed by atoms with Crippen molar-refractivity contribution in [3.63, 3.8) is 0 Å². The highest BCUT2D eigenvalue weighted by Crippen LogP contribution is 2.28. The van der Waals surface area contributed by atoms with Gasteiger partial charge in [0, 0.05) is 27.7 Å². The van der Waals surface area contributed by atoms with Gasteiger partial charge in [0.15, 0.2) is 0 Å². The molecule has 2 aromatic carbocycles. The van der Waals surface area contributed by atoms with Crippen LogP contribution in [0.15, 0.2) is 71.3 Å². The molecule has 0 fully saturated rings. The van der Waals surface area contributed by atoms with Gasteiger partial charge in [-0.15, -0.1) is 0 Å². The van der Waals surface area contributed by atoms with Gasteiger partial charge >= 0.3 is 0 Å². The first kappa shape index (κ1) is 16.4. The van der Waals surface area contributed by atoms with Crippen LogP contribution in [0, 0.1) is 6.92 Å². The van der Waals surface area contributed by atoms with Crippen molar-refractivity contribution >= 4 is 33.2 Å². The fraction of sp³-hybridized carbons (Fsp3) is 0.0952. The Labute approximate surface area is 160 Å². The first-order valence-corrected chi connectivity index (χ1v) is 9.25. The second-order valence-corrected chi connectivity index (χ2v) is 7.50. The lowest BCUT2D eigenvalue weighted by Gasteiger charge is -2.07. The highest BCUT2D eigenvalue weighted by molar-refractivity contribution is 9.10. The molecule has 0 spiro atoms. The molecule has 0 amide bonds. The lowest BCUT2D eigenvalue weighted by molar-refractivity contribution is 1.02. The zero-order chi connectivity index (χ0) is 17.4. The van der Waals surface area contributed by atoms with E-state index in [0.717, 1.165) is 32.8 Å². The minimum Gasteiger partial charge on any atom is -0.302 e. The van der Waals surface area contributed by atoms with Crippen molar-refractivity contribution in [2.75, 3.05) is 0 Å². The number of imidazole rings is 1. The van der Waals surface area contributed by atoms with E-state index in [9.17, 15) is 0 Å². The quantitative estimate of drug-likeness (QED) is 0.386. The van der Waals surface area contributed by atoms with Gasteiger partial charge in [-0.2, -0.15) is 0 Å². The minimum absolute atomic E-state index is 0.732. The van der Waals surface area contributed by atoms with E-state index < -0.39 is 0 Å². The number of pyridine rings is 1. The SMILES string of the molecule is Cc1ccc(Cc2c(-c3ccc(Cl)cc3)nc3ccc(Br)cn23)cc1. The largest absolute Gasteiger partial charge is 0.302 e. The van der Waals surface area contributed by atoms with Crippen LogP contribution in [0.3, 0.4) is 0 Å². The van der Waals surface area contributed by atoms with Crippen LogP contribution in [0.4, 0.5) is 0 Å². The highest BCUT2D eigenvalue weighted by Gasteiger charge is 2.15. The van der Waals surface area contributed by atoms with Gasteiger partial charge < -0.3 is 4.40 Å². The van der Waals surface area contributed by atoms with Gasteiger partial charge in [0.05, 0.1) is 11.4 Å². The first-order valence-electron chi connectivity index (χ1n) is 8.08. The number of halogens is 2. The van der Waals surface area contributed by atoms with Crippen LogP contribution < -0.4 is 0 Å². The molecule has 0 aliphatic heterocycles. The highest BCUT2D eigenvalue weighted by atomic mass is 79.9. The molecular weight excluding hydrogens is 396 g/mol. The van der Waals surface area contributed by atoms with E-state index >= 15 is 0 Å². The summed E-state index contributed by atoms with van der Waals surface area (Å²) in [7, 11) is 0. The summed E-state index contributed by atoms with van der Waals surface area (Å²) in [5, 5.41) is 0.732. The van der Waals surface area contributed by atoms with E-state index in [0.29, 0.717) is 0 Å². The summed E-state index contributed by atoms with van der Waals surface area (Å²) in [5.74, 6) is 0. The normalized spacial score (nSPS) is 11.2. The molecule has 0 radical (unpaired) electrons. The molecule has 25 heavy (non-hydrogen) atoms. The number of aromatic nitrogens is 2. The minimum atomic E-state index is 0.732. The molecule has 2 aromatic heterocycles. The number of benzene rings is 2. The molecule has 4 heteroatoms. The second kappa shape index (κ2) is 6.66. The molecule has 4 rings (SSSR count). The Morgan fingerprint density at radius 1 is 0.960 bits per heavy atom. The maximum atomic E-state index is 6.05. The lowest BCUT2D eigenvalue weighted by Crippen LogP contribution is -1.97. The molecule has 0 bridgehead atoms. The van der Waals surface area contributed by atoms with Gasteiger partial charge in [0.2, 0.25) is 0 Å². The Balaban J connectivity index is 1.89. The molecule has 2 nitrogen and oxygen atoms in total. The van der Waals surface area contributed by atoms with Crippen LogP contribution in [0.2, 0.25) is 5.02 Å². The third kappa shape index (κ3) is 3.35. The van der Waals surface area contributed by atoms with E-state index in [-0.39, 0.29) is 0 Å². The zero-order valence-corrected chi connectivity index (χ0v) is 16.1. The van der Waals surface area contributed by atoms with Gasteiger partial charge in [0.25, 0.3) is 0 Å². The van der Waals surface area contributed by atoms with E-state index in [2.05, 4.69) is 57.7 Å². The number of hydrogen-bond acceptors (Lipinski definition) is 1. The third-order valence-electron chi connectivity index (χ3n) is 4.29. The summed E-state index contributed by atoms with van der Waals surface area (Å²) in [4.78, 5) is 4.87. The molecule has 0 saturated carbocycles. The fourth-order valence-electron chi connectivity index (χ4n) is 2.97. The van der Waals surface area contributed by atoms with Crippen molar-refractivity contribution in [2.45, 2.75) is 13.3 Å². The number of rotatable bonds is 3. The van der Waals surface area contributed by atoms with Crippen LogP contribution in [0.1, 0.15) is 16.8 Å². The average molecular weight is 412 g/mol. The van der Waals surface area contributed by atoms with Gasteiger partial charge in [-0.1, -0.05) is 53.6 Å². The molecule has 0 saturated heterocycles. The predicted octanol–water partition coefficient (Wildman–Crippen LogP) is 6.32. The second-order valence-electron chi connectivity index (χ2n) is 6.15. The van der Waals surface area contributed by atoms with Crippen LogP contribution in [0.5, 0.6) is 0 Å².